The molecule has 5 N–H and O–H groups in total. The summed E-state index contributed by atoms with van der Waals surface area (Å²) >= 11 is 0. The molecule has 0 unspecified atom stereocenters. The van der Waals surface area contributed by atoms with Crippen LogP contribution in [0.3, 0.4) is 0 Å². The molecule has 17 heteroatoms. The normalized spacial score (nSPS) is 12.6. The van der Waals surface area contributed by atoms with Gasteiger partial charge < -0.3 is 20.3 Å². The van der Waals surface area contributed by atoms with E-state index in [9.17, 15) is 31.0 Å². The number of nitrogen functional groups attached to an aromatic ring is 1. The van der Waals surface area contributed by atoms with Gasteiger partial charge >= 0.3 is 0 Å². The Morgan fingerprint density at radius 3 is 2.15 bits per heavy atom. The van der Waals surface area contributed by atoms with Gasteiger partial charge in [-0.25, -0.2) is 4.99 Å². The number of fused-ring (bicyclic) bond motifs is 2. The van der Waals surface area contributed by atoms with E-state index in [-0.39, 0.29) is 50.7 Å². The topological polar surface area (TPSA) is 235 Å². The van der Waals surface area contributed by atoms with Crippen LogP contribution in [0.15, 0.2) is 95.9 Å². The number of ether oxygens (including phenoxy) is 2. The van der Waals surface area contributed by atoms with Gasteiger partial charge in [-0.2, -0.15) is 21.9 Å². The molecule has 5 aromatic rings. The molecule has 0 saturated carbocycles. The average molecular weight is 693 g/mol. The van der Waals surface area contributed by atoms with Gasteiger partial charge in [0.25, 0.3) is 20.2 Å². The van der Waals surface area contributed by atoms with E-state index in [0.717, 1.165) is 29.5 Å². The van der Waals surface area contributed by atoms with Crippen molar-refractivity contribution in [2.45, 2.75) is 23.6 Å². The number of nitrogens with two attached hydrogens (primary N) is 1. The summed E-state index contributed by atoms with van der Waals surface area (Å²) in [4.78, 5) is 2.94. The molecule has 0 radical (unpaired) electrons. The SMILES string of the molecule is COC=Nc1cc(N=Nc2c(C)cc3cc(C)cc(N)c3c2O)c(OC)cc1N=Nc1cc(S(=O)(=O)O)c2cccc(S(=O)(=O)O)c2c1. The highest BCUT2D eigenvalue weighted by atomic mass is 32.2. The summed E-state index contributed by atoms with van der Waals surface area (Å²) in [5.74, 6) is 0.00741. The second-order valence-electron chi connectivity index (χ2n) is 10.5. The molecule has 0 aliphatic rings. The maximum absolute atomic E-state index is 12.2. The second-order valence-corrected chi connectivity index (χ2v) is 13.3. The summed E-state index contributed by atoms with van der Waals surface area (Å²) < 4.78 is 78.5. The number of hydrogen-bond donors (Lipinski definition) is 4. The maximum atomic E-state index is 12.2. The number of phenolic OH excluding ortho intramolecular Hbond substituents is 1. The van der Waals surface area contributed by atoms with Crippen molar-refractivity contribution in [3.05, 3.63) is 71.8 Å². The van der Waals surface area contributed by atoms with Gasteiger partial charge in [0.1, 0.15) is 32.6 Å². The van der Waals surface area contributed by atoms with Crippen LogP contribution in [0.5, 0.6) is 11.5 Å². The van der Waals surface area contributed by atoms with E-state index in [2.05, 4.69) is 25.4 Å². The molecule has 0 bridgehead atoms. The molecule has 0 amide bonds. The predicted molar refractivity (Wildman–Crippen MR) is 180 cm³/mol. The van der Waals surface area contributed by atoms with Crippen molar-refractivity contribution in [1.29, 1.82) is 0 Å². The van der Waals surface area contributed by atoms with Crippen LogP contribution in [0.1, 0.15) is 11.1 Å². The molecule has 48 heavy (non-hydrogen) atoms. The molecule has 0 aliphatic heterocycles. The number of aliphatic imine (C=N–C) groups is 1. The number of nitrogens with zero attached hydrogens (tertiary/aromatic N) is 5. The molecule has 0 heterocycles. The van der Waals surface area contributed by atoms with Gasteiger partial charge in [-0.15, -0.1) is 15.3 Å². The van der Waals surface area contributed by atoms with Crippen molar-refractivity contribution in [2.24, 2.45) is 25.4 Å². The number of methoxy groups -OCH3 is 2. The van der Waals surface area contributed by atoms with Crippen LogP contribution < -0.4 is 10.5 Å². The van der Waals surface area contributed by atoms with Gasteiger partial charge in [-0.3, -0.25) is 9.11 Å². The summed E-state index contributed by atoms with van der Waals surface area (Å²) in [6.07, 6.45) is 1.11. The number of rotatable bonds is 9. The first-order valence-electron chi connectivity index (χ1n) is 13.8. The molecule has 0 fully saturated rings. The molecule has 15 nitrogen and oxygen atoms in total. The first-order valence-corrected chi connectivity index (χ1v) is 16.7. The molecular formula is C31H28N6O9S2. The lowest BCUT2D eigenvalue weighted by molar-refractivity contribution is 0.416. The van der Waals surface area contributed by atoms with Gasteiger partial charge in [0, 0.05) is 27.9 Å². The largest absolute Gasteiger partial charge is 0.505 e. The van der Waals surface area contributed by atoms with Gasteiger partial charge in [0.2, 0.25) is 0 Å². The summed E-state index contributed by atoms with van der Waals surface area (Å²) in [5, 5.41) is 28.7. The van der Waals surface area contributed by atoms with Gasteiger partial charge in [-0.05, 0) is 66.8 Å². The lowest BCUT2D eigenvalue weighted by atomic mass is 10.0. The summed E-state index contributed by atoms with van der Waals surface area (Å²) in [6.45, 7) is 3.66. The van der Waals surface area contributed by atoms with Gasteiger partial charge in [0.05, 0.1) is 25.6 Å². The Hall–Kier alpha value is -5.49. The van der Waals surface area contributed by atoms with Crippen LogP contribution in [-0.2, 0) is 25.0 Å². The van der Waals surface area contributed by atoms with Crippen molar-refractivity contribution in [1.82, 2.24) is 0 Å². The zero-order valence-corrected chi connectivity index (χ0v) is 27.4. The zero-order valence-electron chi connectivity index (χ0n) is 25.8. The number of hydrogen-bond acceptors (Lipinski definition) is 13. The highest BCUT2D eigenvalue weighted by Crippen LogP contribution is 2.45. The smallest absolute Gasteiger partial charge is 0.295 e. The Morgan fingerprint density at radius 2 is 1.48 bits per heavy atom. The van der Waals surface area contributed by atoms with E-state index in [1.807, 2.05) is 19.1 Å². The Bertz CT molecular complexity index is 2430. The molecule has 0 atom stereocenters. The number of anilines is 1. The Balaban J connectivity index is 1.63. The average Bonchev–Trinajstić information content (AvgIpc) is 3.00. The summed E-state index contributed by atoms with van der Waals surface area (Å²) in [7, 11) is -6.93. The number of benzene rings is 5. The highest BCUT2D eigenvalue weighted by molar-refractivity contribution is 7.86. The van der Waals surface area contributed by atoms with E-state index in [1.165, 1.54) is 44.6 Å². The molecule has 0 aliphatic carbocycles. The van der Waals surface area contributed by atoms with E-state index < -0.39 is 30.0 Å². The Kier molecular flexibility index (Phi) is 9.14. The summed E-state index contributed by atoms with van der Waals surface area (Å²) in [5.41, 5.74) is 8.52. The first kappa shape index (κ1) is 33.9. The van der Waals surface area contributed by atoms with Gasteiger partial charge in [0.15, 0.2) is 12.2 Å². The highest BCUT2D eigenvalue weighted by Gasteiger charge is 2.22. The fourth-order valence-electron chi connectivity index (χ4n) is 5.07. The molecular weight excluding hydrogens is 665 g/mol. The van der Waals surface area contributed by atoms with Crippen LogP contribution in [-0.4, -0.2) is 51.7 Å². The summed E-state index contributed by atoms with van der Waals surface area (Å²) in [6, 6.07) is 14.0. The minimum Gasteiger partial charge on any atom is -0.505 e. The van der Waals surface area contributed by atoms with E-state index in [0.29, 0.717) is 16.6 Å². The second kappa shape index (κ2) is 13.0. The van der Waals surface area contributed by atoms with Crippen LogP contribution in [0.25, 0.3) is 21.5 Å². The first-order chi connectivity index (χ1) is 22.6. The lowest BCUT2D eigenvalue weighted by Gasteiger charge is -2.11. The van der Waals surface area contributed by atoms with Crippen molar-refractivity contribution in [2.75, 3.05) is 20.0 Å². The van der Waals surface area contributed by atoms with Crippen LogP contribution in [0.4, 0.5) is 34.1 Å². The number of aryl methyl sites for hydroxylation is 2. The van der Waals surface area contributed by atoms with Crippen molar-refractivity contribution >= 4 is 82.3 Å². The fraction of sp³-hybridized carbons (Fsp3) is 0.129. The monoisotopic (exact) mass is 692 g/mol. The van der Waals surface area contributed by atoms with Crippen LogP contribution in [0.2, 0.25) is 0 Å². The lowest BCUT2D eigenvalue weighted by Crippen LogP contribution is -2.03. The third-order valence-electron chi connectivity index (χ3n) is 7.11. The van der Waals surface area contributed by atoms with Crippen LogP contribution in [0, 0.1) is 13.8 Å². The third kappa shape index (κ3) is 6.79. The quantitative estimate of drug-likeness (QED) is 0.0389. The maximum Gasteiger partial charge on any atom is 0.295 e. The molecule has 0 aromatic heterocycles. The number of aromatic hydroxyl groups is 1. The molecule has 0 saturated heterocycles. The number of azo groups is 2. The Labute approximate surface area is 274 Å². The Morgan fingerprint density at radius 1 is 0.771 bits per heavy atom. The molecule has 5 aromatic carbocycles. The van der Waals surface area contributed by atoms with Crippen LogP contribution >= 0.6 is 0 Å². The minimum atomic E-state index is -4.87. The third-order valence-corrected chi connectivity index (χ3v) is 8.92. The predicted octanol–water partition coefficient (Wildman–Crippen LogP) is 7.54. The van der Waals surface area contributed by atoms with Crippen molar-refractivity contribution < 1.29 is 40.5 Å². The van der Waals surface area contributed by atoms with E-state index in [1.54, 1.807) is 13.0 Å². The molecule has 248 valence electrons. The zero-order chi connectivity index (χ0) is 35.0. The molecule has 5 rings (SSSR count). The minimum absolute atomic E-state index is 0.0727. The standard InChI is InChI=1S/C31H28N6O9S2/c1-16-8-18-10-17(2)30(31(38)29(18)22(32)9-16)37-36-25-13-23(33-15-45-3)24(14-26(25)46-4)35-34-19-11-21-20(28(12-19)48(42,43)44)6-5-7-27(21)47(39,40)41/h5-15,38H,32H2,1-4H3,(H,39,40,41)(H,42,43,44). The van der Waals surface area contributed by atoms with Gasteiger partial charge in [-0.1, -0.05) is 18.2 Å². The number of phenols is 1. The van der Waals surface area contributed by atoms with Crippen molar-refractivity contribution in [3.8, 4) is 11.5 Å². The van der Waals surface area contributed by atoms with E-state index in [4.69, 9.17) is 15.2 Å². The fourth-order valence-corrected chi connectivity index (χ4v) is 6.49. The van der Waals surface area contributed by atoms with Crippen molar-refractivity contribution in [3.63, 3.8) is 0 Å². The molecule has 0 spiro atoms. The van der Waals surface area contributed by atoms with E-state index >= 15 is 0 Å².